The van der Waals surface area contributed by atoms with Crippen LogP contribution in [0.2, 0.25) is 0 Å². The topological polar surface area (TPSA) is 119 Å². The summed E-state index contributed by atoms with van der Waals surface area (Å²) in [7, 11) is 0. The summed E-state index contributed by atoms with van der Waals surface area (Å²) in [5, 5.41) is 19.2. The van der Waals surface area contributed by atoms with E-state index in [-0.39, 0.29) is 18.5 Å². The van der Waals surface area contributed by atoms with Gasteiger partial charge in [0.25, 0.3) is 5.91 Å². The molecule has 1 unspecified atom stereocenters. The molecule has 184 valence electrons. The second-order valence-electron chi connectivity index (χ2n) is 9.01. The molecule has 9 nitrogen and oxygen atoms in total. The summed E-state index contributed by atoms with van der Waals surface area (Å²) in [5.41, 5.74) is 2.87. The molecule has 3 aromatic rings. The van der Waals surface area contributed by atoms with E-state index in [1.165, 1.54) is 0 Å². The summed E-state index contributed by atoms with van der Waals surface area (Å²) in [5.74, 6) is 0.742. The number of pyridine rings is 1. The lowest BCUT2D eigenvalue weighted by Crippen LogP contribution is -2.42. The molecule has 2 aliphatic heterocycles. The van der Waals surface area contributed by atoms with Crippen LogP contribution in [0, 0.1) is 11.3 Å². The van der Waals surface area contributed by atoms with Crippen molar-refractivity contribution in [3.63, 3.8) is 0 Å². The molecule has 2 aliphatic rings. The number of nitriles is 1. The van der Waals surface area contributed by atoms with Gasteiger partial charge in [-0.15, -0.1) is 0 Å². The number of benzene rings is 1. The van der Waals surface area contributed by atoms with Crippen molar-refractivity contribution >= 4 is 23.4 Å². The quantitative estimate of drug-likeness (QED) is 0.486. The standard InChI is InChI=1S/C26H27FN8O/c27-20-7-11-35(16-20)24-18(14-28)12-19(15-31-24)23-6-10-30-26(34-23)33-22-3-1-2-17(13-22)25(36)32-21-4-8-29-9-5-21/h1-3,6,10,12-13,15,20-21,29H,4-5,7-9,11,16H2,(H,32,36)(H,30,33,34). The van der Waals surface area contributed by atoms with Gasteiger partial charge in [0.15, 0.2) is 0 Å². The largest absolute Gasteiger partial charge is 0.352 e. The fourth-order valence-electron chi connectivity index (χ4n) is 4.52. The number of carbonyl (C=O) groups excluding carboxylic acids is 1. The van der Waals surface area contributed by atoms with E-state index in [9.17, 15) is 14.4 Å². The Labute approximate surface area is 208 Å². The minimum atomic E-state index is -0.900. The monoisotopic (exact) mass is 486 g/mol. The Morgan fingerprint density at radius 1 is 1.17 bits per heavy atom. The smallest absolute Gasteiger partial charge is 0.251 e. The van der Waals surface area contributed by atoms with Crippen molar-refractivity contribution in [3.05, 3.63) is 59.9 Å². The van der Waals surface area contributed by atoms with Crippen LogP contribution in [0.1, 0.15) is 35.2 Å². The van der Waals surface area contributed by atoms with Crippen molar-refractivity contribution in [2.45, 2.75) is 31.5 Å². The highest BCUT2D eigenvalue weighted by molar-refractivity contribution is 5.95. The van der Waals surface area contributed by atoms with Crippen molar-refractivity contribution in [2.24, 2.45) is 0 Å². The molecule has 2 fully saturated rings. The maximum Gasteiger partial charge on any atom is 0.251 e. The van der Waals surface area contributed by atoms with E-state index >= 15 is 0 Å². The number of anilines is 3. The number of alkyl halides is 1. The molecule has 36 heavy (non-hydrogen) atoms. The van der Waals surface area contributed by atoms with Gasteiger partial charge < -0.3 is 20.9 Å². The first-order chi connectivity index (χ1) is 17.6. The maximum absolute atomic E-state index is 13.6. The molecule has 0 spiro atoms. The number of piperidine rings is 1. The zero-order valence-corrected chi connectivity index (χ0v) is 19.7. The van der Waals surface area contributed by atoms with E-state index in [1.54, 1.807) is 41.6 Å². The minimum absolute atomic E-state index is 0.104. The average Bonchev–Trinajstić information content (AvgIpc) is 3.35. The van der Waals surface area contributed by atoms with Crippen molar-refractivity contribution in [1.29, 1.82) is 5.26 Å². The molecule has 2 aromatic heterocycles. The van der Waals surface area contributed by atoms with Crippen LogP contribution in [-0.4, -0.2) is 59.3 Å². The molecule has 0 radical (unpaired) electrons. The summed E-state index contributed by atoms with van der Waals surface area (Å²) in [4.78, 5) is 27.8. The molecular weight excluding hydrogens is 459 g/mol. The van der Waals surface area contributed by atoms with Gasteiger partial charge in [-0.05, 0) is 62.7 Å². The first-order valence-corrected chi connectivity index (χ1v) is 12.1. The first-order valence-electron chi connectivity index (χ1n) is 12.1. The van der Waals surface area contributed by atoms with Crippen LogP contribution in [0.4, 0.5) is 21.8 Å². The van der Waals surface area contributed by atoms with Gasteiger partial charge in [-0.25, -0.2) is 19.3 Å². The van der Waals surface area contributed by atoms with Crippen molar-refractivity contribution < 1.29 is 9.18 Å². The highest BCUT2D eigenvalue weighted by Gasteiger charge is 2.25. The normalized spacial score (nSPS) is 18.0. The number of aromatic nitrogens is 3. The number of halogens is 1. The Kier molecular flexibility index (Phi) is 7.00. The zero-order chi connectivity index (χ0) is 24.9. The van der Waals surface area contributed by atoms with Crippen LogP contribution in [0.25, 0.3) is 11.3 Å². The molecule has 1 atom stereocenters. The Balaban J connectivity index is 1.31. The summed E-state index contributed by atoms with van der Waals surface area (Å²) < 4.78 is 13.6. The zero-order valence-electron chi connectivity index (χ0n) is 19.7. The van der Waals surface area contributed by atoms with E-state index in [0.29, 0.717) is 52.8 Å². The fourth-order valence-corrected chi connectivity index (χ4v) is 4.52. The van der Waals surface area contributed by atoms with Gasteiger partial charge in [0.2, 0.25) is 5.95 Å². The number of hydrogen-bond acceptors (Lipinski definition) is 8. The number of hydrogen-bond donors (Lipinski definition) is 3. The van der Waals surface area contributed by atoms with Crippen LogP contribution < -0.4 is 20.9 Å². The number of nitrogens with one attached hydrogen (secondary N) is 3. The molecule has 1 aromatic carbocycles. The van der Waals surface area contributed by atoms with E-state index < -0.39 is 6.17 Å². The van der Waals surface area contributed by atoms with E-state index in [4.69, 9.17) is 0 Å². The van der Waals surface area contributed by atoms with Gasteiger partial charge in [0, 0.05) is 41.8 Å². The van der Waals surface area contributed by atoms with Crippen LogP contribution in [0.3, 0.4) is 0 Å². The van der Waals surface area contributed by atoms with Gasteiger partial charge in [0.05, 0.1) is 17.8 Å². The highest BCUT2D eigenvalue weighted by Crippen LogP contribution is 2.27. The summed E-state index contributed by atoms with van der Waals surface area (Å²) in [6.07, 6.45) is 4.63. The third-order valence-corrected chi connectivity index (χ3v) is 6.42. The van der Waals surface area contributed by atoms with Gasteiger partial charge >= 0.3 is 0 Å². The average molecular weight is 487 g/mol. The molecule has 0 aliphatic carbocycles. The van der Waals surface area contributed by atoms with Gasteiger partial charge in [-0.2, -0.15) is 5.26 Å². The third-order valence-electron chi connectivity index (χ3n) is 6.42. The van der Waals surface area contributed by atoms with E-state index in [2.05, 4.69) is 37.0 Å². The Bertz CT molecular complexity index is 1290. The Morgan fingerprint density at radius 3 is 2.81 bits per heavy atom. The SMILES string of the molecule is N#Cc1cc(-c2ccnc(Nc3cccc(C(=O)NC4CCNCC4)c3)n2)cnc1N1CCC(F)C1. The van der Waals surface area contributed by atoms with Crippen LogP contribution in [0.15, 0.2) is 48.8 Å². The first kappa shape index (κ1) is 23.6. The van der Waals surface area contributed by atoms with Gasteiger partial charge in [0.1, 0.15) is 18.1 Å². The number of nitrogens with zero attached hydrogens (tertiary/aromatic N) is 5. The Hall–Kier alpha value is -4.10. The second kappa shape index (κ2) is 10.7. The second-order valence-corrected chi connectivity index (χ2v) is 9.01. The molecule has 0 saturated carbocycles. The van der Waals surface area contributed by atoms with Gasteiger partial charge in [-0.3, -0.25) is 4.79 Å². The van der Waals surface area contributed by atoms with E-state index in [1.807, 2.05) is 12.1 Å². The minimum Gasteiger partial charge on any atom is -0.352 e. The molecule has 2 saturated heterocycles. The van der Waals surface area contributed by atoms with Crippen molar-refractivity contribution in [2.75, 3.05) is 36.4 Å². The molecule has 5 rings (SSSR count). The van der Waals surface area contributed by atoms with Crippen molar-refractivity contribution in [3.8, 4) is 17.3 Å². The number of carbonyl (C=O) groups is 1. The summed E-state index contributed by atoms with van der Waals surface area (Å²) in [6.45, 7) is 2.60. The Morgan fingerprint density at radius 2 is 2.03 bits per heavy atom. The molecule has 3 N–H and O–H groups in total. The lowest BCUT2D eigenvalue weighted by molar-refractivity contribution is 0.0929. The van der Waals surface area contributed by atoms with Crippen molar-refractivity contribution in [1.82, 2.24) is 25.6 Å². The van der Waals surface area contributed by atoms with Gasteiger partial charge in [-0.1, -0.05) is 6.07 Å². The van der Waals surface area contributed by atoms with Crippen LogP contribution in [-0.2, 0) is 0 Å². The number of rotatable bonds is 6. The van der Waals surface area contributed by atoms with Crippen LogP contribution in [0.5, 0.6) is 0 Å². The molecule has 0 bridgehead atoms. The maximum atomic E-state index is 13.6. The predicted molar refractivity (Wildman–Crippen MR) is 135 cm³/mol. The summed E-state index contributed by atoms with van der Waals surface area (Å²) >= 11 is 0. The third kappa shape index (κ3) is 5.42. The molecule has 1 amide bonds. The molecule has 10 heteroatoms. The molecule has 4 heterocycles. The van der Waals surface area contributed by atoms with Crippen LogP contribution >= 0.6 is 0 Å². The molecular formula is C26H27FN8O. The summed E-state index contributed by atoms with van der Waals surface area (Å²) in [6, 6.07) is 13.0. The lowest BCUT2D eigenvalue weighted by atomic mass is 10.1. The fraction of sp³-hybridized carbons (Fsp3) is 0.346. The van der Waals surface area contributed by atoms with E-state index in [0.717, 1.165) is 25.9 Å². The predicted octanol–water partition coefficient (Wildman–Crippen LogP) is 3.18. The lowest BCUT2D eigenvalue weighted by Gasteiger charge is -2.23. The highest BCUT2D eigenvalue weighted by atomic mass is 19.1. The number of amides is 1.